The molecule has 1 aromatic rings. The number of nitrogens with one attached hydrogen (secondary N) is 3. The van der Waals surface area contributed by atoms with E-state index in [-0.39, 0.29) is 30.2 Å². The molecule has 1 saturated heterocycles. The molecule has 1 aliphatic heterocycles. The molecule has 1 aromatic heterocycles. The molecule has 4 amide bonds. The lowest BCUT2D eigenvalue weighted by molar-refractivity contribution is -0.126. The molecule has 1 fully saturated rings. The third-order valence-electron chi connectivity index (χ3n) is 4.61. The number of carbonyl (C=O) groups excluding carboxylic acids is 3. The first kappa shape index (κ1) is 20.7. The van der Waals surface area contributed by atoms with Crippen molar-refractivity contribution >= 4 is 17.8 Å². The van der Waals surface area contributed by atoms with Gasteiger partial charge in [0.15, 0.2) is 0 Å². The van der Waals surface area contributed by atoms with Gasteiger partial charge in [-0.1, -0.05) is 0 Å². The minimum Gasteiger partial charge on any atom is -0.356 e. The molecule has 2 rings (SSSR count). The summed E-state index contributed by atoms with van der Waals surface area (Å²) < 4.78 is 0. The number of amides is 4. The van der Waals surface area contributed by atoms with Gasteiger partial charge in [-0.25, -0.2) is 4.79 Å². The first-order chi connectivity index (χ1) is 13.1. The second-order valence-electron chi connectivity index (χ2n) is 6.62. The second-order valence-corrected chi connectivity index (χ2v) is 6.62. The smallest absolute Gasteiger partial charge is 0.317 e. The number of rotatable bonds is 4. The van der Waals surface area contributed by atoms with Gasteiger partial charge in [0.05, 0.1) is 0 Å². The standard InChI is InChI=1S/C19H29N5O3/c1-2-21-19(27)24-12-3-4-16(7-11-22-17(25)8-13-24)18(26)23-14-15-5-9-20-10-6-15/h5-6,9-10,16H,2-4,7-8,11-14H2,1H3,(H,21,27)(H,22,25)(H,23,26). The zero-order valence-corrected chi connectivity index (χ0v) is 15.9. The molecule has 0 bridgehead atoms. The van der Waals surface area contributed by atoms with Crippen molar-refractivity contribution in [3.8, 4) is 0 Å². The van der Waals surface area contributed by atoms with Crippen molar-refractivity contribution in [1.29, 1.82) is 0 Å². The van der Waals surface area contributed by atoms with E-state index in [4.69, 9.17) is 0 Å². The average Bonchev–Trinajstić information content (AvgIpc) is 2.72. The number of hydrogen-bond donors (Lipinski definition) is 3. The van der Waals surface area contributed by atoms with Gasteiger partial charge in [-0.2, -0.15) is 0 Å². The third-order valence-corrected chi connectivity index (χ3v) is 4.61. The van der Waals surface area contributed by atoms with Gasteiger partial charge in [0.1, 0.15) is 0 Å². The molecule has 0 spiro atoms. The highest BCUT2D eigenvalue weighted by Gasteiger charge is 2.21. The van der Waals surface area contributed by atoms with E-state index in [0.29, 0.717) is 45.6 Å². The molecule has 0 aliphatic carbocycles. The molecule has 0 aromatic carbocycles. The SMILES string of the molecule is CCNC(=O)N1CCCC(C(=O)NCc2ccncc2)CCNC(=O)CC1. The number of nitrogens with zero attached hydrogens (tertiary/aromatic N) is 2. The zero-order chi connectivity index (χ0) is 19.5. The van der Waals surface area contributed by atoms with Crippen LogP contribution < -0.4 is 16.0 Å². The Kier molecular flexibility index (Phi) is 8.54. The molecule has 27 heavy (non-hydrogen) atoms. The number of pyridine rings is 1. The van der Waals surface area contributed by atoms with Crippen LogP contribution in [0.4, 0.5) is 4.79 Å². The van der Waals surface area contributed by atoms with E-state index in [1.54, 1.807) is 17.3 Å². The second kappa shape index (κ2) is 11.2. The summed E-state index contributed by atoms with van der Waals surface area (Å²) in [5.41, 5.74) is 0.991. The van der Waals surface area contributed by atoms with Crippen LogP contribution in [0.3, 0.4) is 0 Å². The summed E-state index contributed by atoms with van der Waals surface area (Å²) in [5, 5.41) is 8.58. The van der Waals surface area contributed by atoms with Crippen LogP contribution >= 0.6 is 0 Å². The molecule has 0 saturated carbocycles. The molecule has 2 heterocycles. The van der Waals surface area contributed by atoms with Gasteiger partial charge in [0.25, 0.3) is 0 Å². The summed E-state index contributed by atoms with van der Waals surface area (Å²) in [6, 6.07) is 3.56. The normalized spacial score (nSPS) is 18.8. The predicted octanol–water partition coefficient (Wildman–Crippen LogP) is 1.04. The molecule has 8 heteroatoms. The van der Waals surface area contributed by atoms with Gasteiger partial charge < -0.3 is 20.9 Å². The molecular formula is C19H29N5O3. The van der Waals surface area contributed by atoms with Crippen molar-refractivity contribution in [2.45, 2.75) is 39.2 Å². The maximum Gasteiger partial charge on any atom is 0.317 e. The van der Waals surface area contributed by atoms with E-state index >= 15 is 0 Å². The van der Waals surface area contributed by atoms with Gasteiger partial charge in [-0.05, 0) is 43.9 Å². The highest BCUT2D eigenvalue weighted by Crippen LogP contribution is 2.14. The first-order valence-corrected chi connectivity index (χ1v) is 9.56. The largest absolute Gasteiger partial charge is 0.356 e. The molecule has 1 atom stereocenters. The Morgan fingerprint density at radius 3 is 2.74 bits per heavy atom. The number of carbonyl (C=O) groups is 3. The topological polar surface area (TPSA) is 103 Å². The summed E-state index contributed by atoms with van der Waals surface area (Å²) in [6.45, 7) is 4.24. The van der Waals surface area contributed by atoms with Crippen LogP contribution in [0.15, 0.2) is 24.5 Å². The lowest BCUT2D eigenvalue weighted by atomic mass is 9.98. The van der Waals surface area contributed by atoms with E-state index in [9.17, 15) is 14.4 Å². The maximum absolute atomic E-state index is 12.6. The van der Waals surface area contributed by atoms with Gasteiger partial charge in [-0.15, -0.1) is 0 Å². The minimum atomic E-state index is -0.193. The minimum absolute atomic E-state index is 0.0233. The van der Waals surface area contributed by atoms with Gasteiger partial charge >= 0.3 is 6.03 Å². The molecule has 0 radical (unpaired) electrons. The van der Waals surface area contributed by atoms with E-state index in [2.05, 4.69) is 20.9 Å². The van der Waals surface area contributed by atoms with Crippen LogP contribution in [-0.4, -0.2) is 53.9 Å². The summed E-state index contributed by atoms with van der Waals surface area (Å²) in [6.07, 6.45) is 5.65. The van der Waals surface area contributed by atoms with Gasteiger partial charge in [0, 0.05) is 57.5 Å². The van der Waals surface area contributed by atoms with E-state index in [1.165, 1.54) is 0 Å². The fourth-order valence-corrected chi connectivity index (χ4v) is 3.06. The molecule has 1 aliphatic rings. The lowest BCUT2D eigenvalue weighted by Crippen LogP contribution is -2.42. The highest BCUT2D eigenvalue weighted by atomic mass is 16.2. The first-order valence-electron chi connectivity index (χ1n) is 9.56. The van der Waals surface area contributed by atoms with E-state index in [0.717, 1.165) is 12.0 Å². The van der Waals surface area contributed by atoms with Gasteiger partial charge in [0.2, 0.25) is 11.8 Å². The van der Waals surface area contributed by atoms with Crippen LogP contribution in [0.25, 0.3) is 0 Å². The highest BCUT2D eigenvalue weighted by molar-refractivity contribution is 5.80. The molecular weight excluding hydrogens is 346 g/mol. The van der Waals surface area contributed by atoms with Crippen LogP contribution in [0, 0.1) is 5.92 Å². The van der Waals surface area contributed by atoms with E-state index < -0.39 is 0 Å². The van der Waals surface area contributed by atoms with Crippen LogP contribution in [0.5, 0.6) is 0 Å². The van der Waals surface area contributed by atoms with Crippen LogP contribution in [-0.2, 0) is 16.1 Å². The summed E-state index contributed by atoms with van der Waals surface area (Å²) in [7, 11) is 0. The maximum atomic E-state index is 12.6. The van der Waals surface area contributed by atoms with Crippen molar-refractivity contribution in [3.63, 3.8) is 0 Å². The van der Waals surface area contributed by atoms with E-state index in [1.807, 2.05) is 19.1 Å². The molecule has 1 unspecified atom stereocenters. The Hall–Kier alpha value is -2.64. The Morgan fingerprint density at radius 2 is 2.00 bits per heavy atom. The van der Waals surface area contributed by atoms with Crippen molar-refractivity contribution in [2.75, 3.05) is 26.2 Å². The monoisotopic (exact) mass is 375 g/mol. The Bertz CT molecular complexity index is 623. The molecule has 3 N–H and O–H groups in total. The van der Waals surface area contributed by atoms with Crippen molar-refractivity contribution < 1.29 is 14.4 Å². The Balaban J connectivity index is 1.92. The number of aromatic nitrogens is 1. The third kappa shape index (κ3) is 7.24. The Labute approximate surface area is 160 Å². The number of hydrogen-bond acceptors (Lipinski definition) is 4. The average molecular weight is 375 g/mol. The summed E-state index contributed by atoms with van der Waals surface area (Å²) >= 11 is 0. The number of urea groups is 1. The van der Waals surface area contributed by atoms with Gasteiger partial charge in [-0.3, -0.25) is 14.6 Å². The van der Waals surface area contributed by atoms with Crippen molar-refractivity contribution in [2.24, 2.45) is 5.92 Å². The fourth-order valence-electron chi connectivity index (χ4n) is 3.06. The van der Waals surface area contributed by atoms with Crippen molar-refractivity contribution in [1.82, 2.24) is 25.8 Å². The molecule has 8 nitrogen and oxygen atoms in total. The lowest BCUT2D eigenvalue weighted by Gasteiger charge is -2.23. The molecule has 148 valence electrons. The fraction of sp³-hybridized carbons (Fsp3) is 0.579. The van der Waals surface area contributed by atoms with Crippen LogP contribution in [0.2, 0.25) is 0 Å². The summed E-state index contributed by atoms with van der Waals surface area (Å²) in [5.74, 6) is -0.312. The predicted molar refractivity (Wildman–Crippen MR) is 102 cm³/mol. The summed E-state index contributed by atoms with van der Waals surface area (Å²) in [4.78, 5) is 42.3. The van der Waals surface area contributed by atoms with Crippen molar-refractivity contribution in [3.05, 3.63) is 30.1 Å². The quantitative estimate of drug-likeness (QED) is 0.731. The van der Waals surface area contributed by atoms with Crippen LogP contribution in [0.1, 0.15) is 38.2 Å². The Morgan fingerprint density at radius 1 is 1.22 bits per heavy atom. The zero-order valence-electron chi connectivity index (χ0n) is 15.9.